The highest BCUT2D eigenvalue weighted by Gasteiger charge is 2.36. The average molecular weight is 349 g/mol. The molecular formula is C16H19N3O4S. The number of para-hydroxylation sites is 1. The molecule has 2 unspecified atom stereocenters. The predicted octanol–water partition coefficient (Wildman–Crippen LogP) is 1.60. The minimum absolute atomic E-state index is 0.00112. The molecule has 0 radical (unpaired) electrons. The van der Waals surface area contributed by atoms with Crippen LogP contribution in [-0.2, 0) is 14.8 Å². The number of rotatable bonds is 4. The normalized spacial score (nSPS) is 22.4. The molecule has 24 heavy (non-hydrogen) atoms. The molecule has 1 N–H and O–H groups in total. The number of carboxylic acids is 1. The first-order chi connectivity index (χ1) is 11.4. The number of hydrogen-bond acceptors (Lipinski definition) is 4. The number of nitrogens with zero attached hydrogens (tertiary/aromatic N) is 3. The van der Waals surface area contributed by atoms with E-state index in [2.05, 4.69) is 5.10 Å². The third-order valence-corrected chi connectivity index (χ3v) is 5.98. The molecule has 0 saturated carbocycles. The standard InChI is InChI=1S/C16H19N3O4S/c1-12-7-13(16(20)21)10-18(9-12)24(22,23)15-8-17-19(11-15)14-5-3-2-4-6-14/h2-6,8,11-13H,7,9-10H2,1H3,(H,20,21). The van der Waals surface area contributed by atoms with E-state index in [-0.39, 0.29) is 17.4 Å². The first-order valence-corrected chi connectivity index (χ1v) is 9.15. The number of aliphatic carboxylic acids is 1. The van der Waals surface area contributed by atoms with Gasteiger partial charge in [0.05, 0.1) is 24.0 Å². The van der Waals surface area contributed by atoms with Gasteiger partial charge in [0.2, 0.25) is 10.0 Å². The zero-order chi connectivity index (χ0) is 17.3. The lowest BCUT2D eigenvalue weighted by molar-refractivity contribution is -0.143. The molecule has 1 aliphatic rings. The summed E-state index contributed by atoms with van der Waals surface area (Å²) in [6.07, 6.45) is 3.25. The Bertz CT molecular complexity index is 832. The van der Waals surface area contributed by atoms with Crippen molar-refractivity contribution in [1.82, 2.24) is 14.1 Å². The van der Waals surface area contributed by atoms with Crippen LogP contribution in [0.15, 0.2) is 47.6 Å². The Morgan fingerprint density at radius 1 is 1.25 bits per heavy atom. The van der Waals surface area contributed by atoms with E-state index >= 15 is 0 Å². The zero-order valence-electron chi connectivity index (χ0n) is 13.2. The lowest BCUT2D eigenvalue weighted by Crippen LogP contribution is -2.45. The zero-order valence-corrected chi connectivity index (χ0v) is 14.1. The van der Waals surface area contributed by atoms with Crippen LogP contribution in [0.3, 0.4) is 0 Å². The highest BCUT2D eigenvalue weighted by atomic mass is 32.2. The van der Waals surface area contributed by atoms with E-state index in [4.69, 9.17) is 0 Å². The molecule has 3 rings (SSSR count). The van der Waals surface area contributed by atoms with Crippen LogP contribution in [0.5, 0.6) is 0 Å². The molecule has 7 nitrogen and oxygen atoms in total. The highest BCUT2D eigenvalue weighted by Crippen LogP contribution is 2.27. The van der Waals surface area contributed by atoms with Crippen molar-refractivity contribution in [2.45, 2.75) is 18.2 Å². The minimum Gasteiger partial charge on any atom is -0.481 e. The third kappa shape index (κ3) is 3.20. The van der Waals surface area contributed by atoms with Gasteiger partial charge < -0.3 is 5.11 Å². The van der Waals surface area contributed by atoms with Crippen molar-refractivity contribution in [1.29, 1.82) is 0 Å². The van der Waals surface area contributed by atoms with E-state index < -0.39 is 21.9 Å². The van der Waals surface area contributed by atoms with Gasteiger partial charge >= 0.3 is 5.97 Å². The van der Waals surface area contributed by atoms with E-state index in [1.807, 2.05) is 37.3 Å². The van der Waals surface area contributed by atoms with Crippen molar-refractivity contribution >= 4 is 16.0 Å². The van der Waals surface area contributed by atoms with Gasteiger partial charge in [-0.05, 0) is 24.5 Å². The first kappa shape index (κ1) is 16.7. The first-order valence-electron chi connectivity index (χ1n) is 7.71. The summed E-state index contributed by atoms with van der Waals surface area (Å²) in [6, 6.07) is 9.20. The SMILES string of the molecule is CC1CC(C(=O)O)CN(S(=O)(=O)c2cnn(-c3ccccc3)c2)C1. The fraction of sp³-hybridized carbons (Fsp3) is 0.375. The van der Waals surface area contributed by atoms with Crippen LogP contribution in [0, 0.1) is 11.8 Å². The molecule has 1 fully saturated rings. The Morgan fingerprint density at radius 3 is 2.62 bits per heavy atom. The molecule has 2 atom stereocenters. The summed E-state index contributed by atoms with van der Waals surface area (Å²) in [5.41, 5.74) is 0.759. The third-order valence-electron chi connectivity index (χ3n) is 4.19. The summed E-state index contributed by atoms with van der Waals surface area (Å²) >= 11 is 0. The van der Waals surface area contributed by atoms with Crippen LogP contribution in [0.1, 0.15) is 13.3 Å². The van der Waals surface area contributed by atoms with Crippen molar-refractivity contribution in [3.8, 4) is 5.69 Å². The Hall–Kier alpha value is -2.19. The fourth-order valence-corrected chi connectivity index (χ4v) is 4.53. The summed E-state index contributed by atoms with van der Waals surface area (Å²) in [5, 5.41) is 13.3. The fourth-order valence-electron chi connectivity index (χ4n) is 2.99. The maximum atomic E-state index is 12.8. The van der Waals surface area contributed by atoms with Crippen molar-refractivity contribution in [2.24, 2.45) is 11.8 Å². The van der Waals surface area contributed by atoms with Crippen LogP contribution < -0.4 is 0 Å². The summed E-state index contributed by atoms with van der Waals surface area (Å²) < 4.78 is 28.4. The Morgan fingerprint density at radius 2 is 1.96 bits per heavy atom. The second-order valence-electron chi connectivity index (χ2n) is 6.15. The second kappa shape index (κ2) is 6.37. The molecule has 1 aromatic carbocycles. The van der Waals surface area contributed by atoms with Gasteiger partial charge in [0.25, 0.3) is 0 Å². The minimum atomic E-state index is -3.76. The number of aromatic nitrogens is 2. The lowest BCUT2D eigenvalue weighted by atomic mass is 9.92. The summed E-state index contributed by atoms with van der Waals surface area (Å²) in [6.45, 7) is 2.19. The van der Waals surface area contributed by atoms with Crippen molar-refractivity contribution in [3.63, 3.8) is 0 Å². The topological polar surface area (TPSA) is 92.5 Å². The highest BCUT2D eigenvalue weighted by molar-refractivity contribution is 7.89. The Labute approximate surface area is 140 Å². The van der Waals surface area contributed by atoms with Crippen molar-refractivity contribution in [2.75, 3.05) is 13.1 Å². The van der Waals surface area contributed by atoms with Gasteiger partial charge in [0.1, 0.15) is 4.90 Å². The summed E-state index contributed by atoms with van der Waals surface area (Å²) in [4.78, 5) is 11.3. The molecule has 2 heterocycles. The number of sulfonamides is 1. The molecule has 1 aliphatic heterocycles. The molecule has 0 aliphatic carbocycles. The van der Waals surface area contributed by atoms with E-state index in [9.17, 15) is 18.3 Å². The van der Waals surface area contributed by atoms with Gasteiger partial charge in [-0.3, -0.25) is 4.79 Å². The second-order valence-corrected chi connectivity index (χ2v) is 8.09. The van der Waals surface area contributed by atoms with E-state index in [1.54, 1.807) is 0 Å². The van der Waals surface area contributed by atoms with Crippen LogP contribution >= 0.6 is 0 Å². The van der Waals surface area contributed by atoms with Gasteiger partial charge in [-0.15, -0.1) is 0 Å². The monoisotopic (exact) mass is 349 g/mol. The molecule has 2 aromatic rings. The lowest BCUT2D eigenvalue weighted by Gasteiger charge is -2.33. The van der Waals surface area contributed by atoms with Crippen molar-refractivity contribution < 1.29 is 18.3 Å². The molecule has 1 aromatic heterocycles. The quantitative estimate of drug-likeness (QED) is 0.905. The molecular weight excluding hydrogens is 330 g/mol. The largest absolute Gasteiger partial charge is 0.481 e. The van der Waals surface area contributed by atoms with Gasteiger partial charge in [0, 0.05) is 13.1 Å². The molecule has 0 amide bonds. The average Bonchev–Trinajstić information content (AvgIpc) is 3.06. The number of hydrogen-bond donors (Lipinski definition) is 1. The van der Waals surface area contributed by atoms with Gasteiger partial charge in [-0.25, -0.2) is 13.1 Å². The van der Waals surface area contributed by atoms with Crippen LogP contribution in [-0.4, -0.2) is 46.7 Å². The van der Waals surface area contributed by atoms with E-state index in [0.717, 1.165) is 5.69 Å². The van der Waals surface area contributed by atoms with Gasteiger partial charge in [0.15, 0.2) is 0 Å². The molecule has 0 spiro atoms. The number of carboxylic acid groups (broad SMARTS) is 1. The maximum absolute atomic E-state index is 12.8. The Kier molecular flexibility index (Phi) is 4.42. The number of benzene rings is 1. The maximum Gasteiger partial charge on any atom is 0.307 e. The molecule has 0 bridgehead atoms. The molecule has 128 valence electrons. The van der Waals surface area contributed by atoms with E-state index in [0.29, 0.717) is 13.0 Å². The van der Waals surface area contributed by atoms with Gasteiger partial charge in [-0.2, -0.15) is 9.40 Å². The summed E-state index contributed by atoms with van der Waals surface area (Å²) in [5.74, 6) is -1.63. The van der Waals surface area contributed by atoms with Crippen LogP contribution in [0.4, 0.5) is 0 Å². The van der Waals surface area contributed by atoms with E-state index in [1.165, 1.54) is 21.4 Å². The Balaban J connectivity index is 1.88. The van der Waals surface area contributed by atoms with Crippen molar-refractivity contribution in [3.05, 3.63) is 42.7 Å². The number of piperidine rings is 1. The van der Waals surface area contributed by atoms with Gasteiger partial charge in [-0.1, -0.05) is 25.1 Å². The molecule has 8 heteroatoms. The molecule has 1 saturated heterocycles. The summed E-state index contributed by atoms with van der Waals surface area (Å²) in [7, 11) is -3.76. The van der Waals surface area contributed by atoms with Crippen LogP contribution in [0.2, 0.25) is 0 Å². The number of carbonyl (C=O) groups is 1. The predicted molar refractivity (Wildman–Crippen MR) is 87.2 cm³/mol. The smallest absolute Gasteiger partial charge is 0.307 e. The van der Waals surface area contributed by atoms with Crippen LogP contribution in [0.25, 0.3) is 5.69 Å².